The Kier molecular flexibility index (Phi) is 7.02. The Hall–Kier alpha value is -3.49. The summed E-state index contributed by atoms with van der Waals surface area (Å²) in [6.07, 6.45) is -0.605. The van der Waals surface area contributed by atoms with Crippen molar-refractivity contribution >= 4 is 23.3 Å². The van der Waals surface area contributed by atoms with Crippen LogP contribution in [-0.2, 0) is 16.0 Å². The molecule has 0 fully saturated rings. The Balaban J connectivity index is 1.93. The van der Waals surface area contributed by atoms with Gasteiger partial charge in [0.05, 0.1) is 10.5 Å². The molecule has 1 amide bonds. The number of carbonyl (C=O) groups is 2. The van der Waals surface area contributed by atoms with E-state index in [0.29, 0.717) is 12.1 Å². The number of nitro benzene ring substituents is 1. The molecule has 0 radical (unpaired) electrons. The number of nitro groups is 1. The monoisotopic (exact) mass is 389 g/mol. The lowest BCUT2D eigenvalue weighted by molar-refractivity contribution is -0.384. The van der Waals surface area contributed by atoms with Crippen molar-refractivity contribution in [2.75, 3.05) is 18.9 Å². The summed E-state index contributed by atoms with van der Waals surface area (Å²) in [7, 11) is 1.56. The van der Waals surface area contributed by atoms with Gasteiger partial charge in [-0.2, -0.15) is 0 Å². The minimum absolute atomic E-state index is 0.0392. The van der Waals surface area contributed by atoms with Gasteiger partial charge < -0.3 is 15.4 Å². The Morgan fingerprint density at radius 2 is 1.89 bits per heavy atom. The van der Waals surface area contributed by atoms with E-state index in [0.717, 1.165) is 11.6 Å². The van der Waals surface area contributed by atoms with Gasteiger partial charge in [0.25, 0.3) is 11.6 Å². The average Bonchev–Trinajstić information content (AvgIpc) is 2.68. The third kappa shape index (κ3) is 5.50. The molecule has 1 atom stereocenters. The lowest BCUT2D eigenvalue weighted by Gasteiger charge is -2.15. The largest absolute Gasteiger partial charge is 0.449 e. The molecular formula is C19H20FN3O5. The van der Waals surface area contributed by atoms with Gasteiger partial charge in [-0.05, 0) is 37.1 Å². The quantitative estimate of drug-likeness (QED) is 0.408. The van der Waals surface area contributed by atoms with Gasteiger partial charge in [-0.3, -0.25) is 14.9 Å². The van der Waals surface area contributed by atoms with Gasteiger partial charge in [0, 0.05) is 31.4 Å². The van der Waals surface area contributed by atoms with Crippen LogP contribution in [0, 0.1) is 15.9 Å². The van der Waals surface area contributed by atoms with Gasteiger partial charge in [-0.15, -0.1) is 0 Å². The van der Waals surface area contributed by atoms with Crippen LogP contribution in [0.5, 0.6) is 0 Å². The highest BCUT2D eigenvalue weighted by Crippen LogP contribution is 2.23. The van der Waals surface area contributed by atoms with E-state index in [2.05, 4.69) is 10.6 Å². The van der Waals surface area contributed by atoms with Gasteiger partial charge >= 0.3 is 5.97 Å². The molecule has 2 N–H and O–H groups in total. The molecule has 9 heteroatoms. The number of ether oxygens (including phenoxy) is 1. The number of nitrogens with one attached hydrogen (secondary N) is 2. The van der Waals surface area contributed by atoms with Gasteiger partial charge in [-0.25, -0.2) is 9.18 Å². The minimum Gasteiger partial charge on any atom is -0.449 e. The van der Waals surface area contributed by atoms with Gasteiger partial charge in [-0.1, -0.05) is 12.1 Å². The van der Waals surface area contributed by atoms with Crippen LogP contribution in [0.25, 0.3) is 0 Å². The van der Waals surface area contributed by atoms with Crippen molar-refractivity contribution in [2.45, 2.75) is 19.4 Å². The second kappa shape index (κ2) is 9.45. The number of esters is 1. The van der Waals surface area contributed by atoms with Crippen LogP contribution in [0.3, 0.4) is 0 Å². The predicted octanol–water partition coefficient (Wildman–Crippen LogP) is 2.68. The molecule has 0 saturated carbocycles. The number of halogens is 1. The smallest absolute Gasteiger partial charge is 0.341 e. The molecule has 0 aliphatic rings. The average molecular weight is 389 g/mol. The standard InChI is InChI=1S/C19H20FN3O5/c1-12(18(24)22-10-9-13-3-5-14(20)6-4-13)28-19(25)16-11-15(23(26)27)7-8-17(16)21-2/h3-8,11-12,21H,9-10H2,1-2H3,(H,22,24)/t12-/m1/s1. The maximum Gasteiger partial charge on any atom is 0.341 e. The third-order valence-corrected chi connectivity index (χ3v) is 3.98. The van der Waals surface area contributed by atoms with Crippen LogP contribution >= 0.6 is 0 Å². The summed E-state index contributed by atoms with van der Waals surface area (Å²) in [6.45, 7) is 1.69. The summed E-state index contributed by atoms with van der Waals surface area (Å²) in [5.74, 6) is -1.70. The lowest BCUT2D eigenvalue weighted by Crippen LogP contribution is -2.37. The van der Waals surface area contributed by atoms with Crippen molar-refractivity contribution in [1.29, 1.82) is 0 Å². The van der Waals surface area contributed by atoms with E-state index in [9.17, 15) is 24.1 Å². The van der Waals surface area contributed by atoms with Crippen LogP contribution in [-0.4, -0.2) is 36.5 Å². The second-order valence-corrected chi connectivity index (χ2v) is 5.95. The molecule has 148 valence electrons. The maximum atomic E-state index is 12.9. The van der Waals surface area contributed by atoms with E-state index in [1.807, 2.05) is 0 Å². The zero-order valence-electron chi connectivity index (χ0n) is 15.4. The molecule has 0 bridgehead atoms. The summed E-state index contributed by atoms with van der Waals surface area (Å²) in [5.41, 5.74) is 0.895. The summed E-state index contributed by atoms with van der Waals surface area (Å²) >= 11 is 0. The first kappa shape index (κ1) is 20.8. The number of nitrogens with zero attached hydrogens (tertiary/aromatic N) is 1. The summed E-state index contributed by atoms with van der Waals surface area (Å²) in [4.78, 5) is 34.7. The first-order valence-corrected chi connectivity index (χ1v) is 8.51. The number of amides is 1. The number of carbonyl (C=O) groups excluding carboxylic acids is 2. The van der Waals surface area contributed by atoms with Crippen molar-refractivity contribution in [3.8, 4) is 0 Å². The predicted molar refractivity (Wildman–Crippen MR) is 101 cm³/mol. The zero-order chi connectivity index (χ0) is 20.7. The van der Waals surface area contributed by atoms with Crippen molar-refractivity contribution in [3.05, 3.63) is 69.5 Å². The molecule has 8 nitrogen and oxygen atoms in total. The van der Waals surface area contributed by atoms with Crippen LogP contribution in [0.1, 0.15) is 22.8 Å². The molecule has 2 rings (SSSR count). The number of hydrogen-bond donors (Lipinski definition) is 2. The third-order valence-electron chi connectivity index (χ3n) is 3.98. The van der Waals surface area contributed by atoms with Crippen LogP contribution in [0.4, 0.5) is 15.8 Å². The molecule has 0 saturated heterocycles. The molecule has 0 heterocycles. The zero-order valence-corrected chi connectivity index (χ0v) is 15.4. The van der Waals surface area contributed by atoms with Crippen LogP contribution < -0.4 is 10.6 Å². The Bertz CT molecular complexity index is 870. The summed E-state index contributed by atoms with van der Waals surface area (Å²) < 4.78 is 18.0. The van der Waals surface area contributed by atoms with Gasteiger partial charge in [0.1, 0.15) is 5.82 Å². The SMILES string of the molecule is CNc1ccc([N+](=O)[O-])cc1C(=O)O[C@H](C)C(=O)NCCc1ccc(F)cc1. The second-order valence-electron chi connectivity index (χ2n) is 5.95. The molecule has 2 aromatic rings. The summed E-state index contributed by atoms with van der Waals surface area (Å²) in [6, 6.07) is 9.64. The fraction of sp³-hybridized carbons (Fsp3) is 0.263. The van der Waals surface area contributed by atoms with Crippen molar-refractivity contribution in [2.24, 2.45) is 0 Å². The van der Waals surface area contributed by atoms with E-state index in [4.69, 9.17) is 4.74 Å². The number of non-ortho nitro benzene ring substituents is 1. The fourth-order valence-electron chi connectivity index (χ4n) is 2.44. The molecule has 0 unspecified atom stereocenters. The minimum atomic E-state index is -1.09. The Morgan fingerprint density at radius 3 is 2.50 bits per heavy atom. The number of benzene rings is 2. The molecule has 0 spiro atoms. The van der Waals surface area contributed by atoms with E-state index >= 15 is 0 Å². The molecule has 0 aromatic heterocycles. The van der Waals surface area contributed by atoms with E-state index in [-0.39, 0.29) is 23.6 Å². The Morgan fingerprint density at radius 1 is 1.21 bits per heavy atom. The van der Waals surface area contributed by atoms with Crippen molar-refractivity contribution in [1.82, 2.24) is 5.32 Å². The number of hydrogen-bond acceptors (Lipinski definition) is 6. The molecular weight excluding hydrogens is 369 g/mol. The molecule has 0 aliphatic heterocycles. The highest BCUT2D eigenvalue weighted by atomic mass is 19.1. The first-order valence-electron chi connectivity index (χ1n) is 8.51. The fourth-order valence-corrected chi connectivity index (χ4v) is 2.44. The highest BCUT2D eigenvalue weighted by Gasteiger charge is 2.22. The van der Waals surface area contributed by atoms with Crippen molar-refractivity contribution < 1.29 is 23.6 Å². The van der Waals surface area contributed by atoms with Crippen molar-refractivity contribution in [3.63, 3.8) is 0 Å². The first-order chi connectivity index (χ1) is 13.3. The number of rotatable bonds is 8. The number of anilines is 1. The topological polar surface area (TPSA) is 111 Å². The lowest BCUT2D eigenvalue weighted by atomic mass is 10.1. The Labute approximate surface area is 160 Å². The molecule has 2 aromatic carbocycles. The van der Waals surface area contributed by atoms with E-state index in [1.165, 1.54) is 31.2 Å². The molecule has 28 heavy (non-hydrogen) atoms. The highest BCUT2D eigenvalue weighted by molar-refractivity contribution is 5.98. The van der Waals surface area contributed by atoms with Crippen LogP contribution in [0.2, 0.25) is 0 Å². The van der Waals surface area contributed by atoms with Gasteiger partial charge in [0.2, 0.25) is 0 Å². The normalized spacial score (nSPS) is 11.4. The van der Waals surface area contributed by atoms with Gasteiger partial charge in [0.15, 0.2) is 6.10 Å². The molecule has 0 aliphatic carbocycles. The summed E-state index contributed by atoms with van der Waals surface area (Å²) in [5, 5.41) is 16.3. The van der Waals surface area contributed by atoms with Crippen LogP contribution in [0.15, 0.2) is 42.5 Å². The van der Waals surface area contributed by atoms with E-state index in [1.54, 1.807) is 19.2 Å². The maximum absolute atomic E-state index is 12.9. The van der Waals surface area contributed by atoms with E-state index < -0.39 is 22.9 Å².